The Morgan fingerprint density at radius 2 is 2.11 bits per heavy atom. The summed E-state index contributed by atoms with van der Waals surface area (Å²) in [6.45, 7) is 0.218. The largest absolute Gasteiger partial charge is 0.494 e. The van der Waals surface area contributed by atoms with E-state index in [1.54, 1.807) is 13.2 Å². The summed E-state index contributed by atoms with van der Waals surface area (Å²) in [5.41, 5.74) is 1.49. The summed E-state index contributed by atoms with van der Waals surface area (Å²) in [5, 5.41) is 4.54. The monoisotopic (exact) mass is 280 g/mol. The lowest BCUT2D eigenvalue weighted by molar-refractivity contribution is 0.111. The molecule has 6 heteroatoms. The van der Waals surface area contributed by atoms with Gasteiger partial charge in [0.2, 0.25) is 0 Å². The molecular formula is C13H13ClN2O3. The molecule has 0 amide bonds. The zero-order chi connectivity index (χ0) is 13.8. The highest BCUT2D eigenvalue weighted by atomic mass is 35.5. The molecule has 0 aliphatic rings. The van der Waals surface area contributed by atoms with E-state index in [-0.39, 0.29) is 11.8 Å². The molecule has 1 heterocycles. The van der Waals surface area contributed by atoms with Gasteiger partial charge in [-0.1, -0.05) is 23.7 Å². The number of ether oxygens (including phenoxy) is 2. The summed E-state index contributed by atoms with van der Waals surface area (Å²) >= 11 is 6.19. The van der Waals surface area contributed by atoms with Gasteiger partial charge in [0.15, 0.2) is 6.29 Å². The molecule has 0 radical (unpaired) electrons. The van der Waals surface area contributed by atoms with Crippen molar-refractivity contribution in [3.8, 4) is 11.4 Å². The molecule has 1 aromatic heterocycles. The fraction of sp³-hybridized carbons (Fsp3) is 0.231. The second kappa shape index (κ2) is 5.86. The molecule has 1 aromatic carbocycles. The fourth-order valence-corrected chi connectivity index (χ4v) is 2.06. The van der Waals surface area contributed by atoms with Crippen LogP contribution in [0.15, 0.2) is 24.3 Å². The molecule has 100 valence electrons. The smallest absolute Gasteiger partial charge is 0.155 e. The average molecular weight is 281 g/mol. The normalized spacial score (nSPS) is 10.5. The van der Waals surface area contributed by atoms with Crippen LogP contribution in [0, 0.1) is 0 Å². The van der Waals surface area contributed by atoms with Gasteiger partial charge >= 0.3 is 0 Å². The Morgan fingerprint density at radius 3 is 2.74 bits per heavy atom. The van der Waals surface area contributed by atoms with Gasteiger partial charge in [0.05, 0.1) is 19.3 Å². The molecule has 0 saturated heterocycles. The summed E-state index contributed by atoms with van der Waals surface area (Å²) in [7, 11) is 3.09. The van der Waals surface area contributed by atoms with Crippen LogP contribution in [0.3, 0.4) is 0 Å². The van der Waals surface area contributed by atoms with Crippen LogP contribution in [0.2, 0.25) is 5.15 Å². The Morgan fingerprint density at radius 1 is 1.37 bits per heavy atom. The summed E-state index contributed by atoms with van der Waals surface area (Å²) < 4.78 is 11.7. The van der Waals surface area contributed by atoms with Crippen LogP contribution < -0.4 is 4.74 Å². The predicted molar refractivity (Wildman–Crippen MR) is 71.2 cm³/mol. The van der Waals surface area contributed by atoms with E-state index in [1.165, 1.54) is 11.8 Å². The molecule has 0 aliphatic carbocycles. The molecule has 0 aliphatic heterocycles. The number of benzene rings is 1. The van der Waals surface area contributed by atoms with Gasteiger partial charge in [0.1, 0.15) is 22.3 Å². The predicted octanol–water partition coefficient (Wildman–Crippen LogP) is 2.49. The minimum atomic E-state index is 0.218. The van der Waals surface area contributed by atoms with Crippen molar-refractivity contribution in [2.75, 3.05) is 14.2 Å². The Labute approximate surface area is 115 Å². The number of rotatable bonds is 5. The van der Waals surface area contributed by atoms with E-state index in [0.29, 0.717) is 29.0 Å². The quantitative estimate of drug-likeness (QED) is 0.790. The molecule has 0 bridgehead atoms. The lowest BCUT2D eigenvalue weighted by Crippen LogP contribution is -2.00. The number of hydrogen-bond donors (Lipinski definition) is 0. The van der Waals surface area contributed by atoms with E-state index in [0.717, 1.165) is 0 Å². The van der Waals surface area contributed by atoms with Crippen LogP contribution in [0.1, 0.15) is 16.1 Å². The number of carbonyl (C=O) groups excluding carboxylic acids is 1. The highest BCUT2D eigenvalue weighted by Gasteiger charge is 2.18. The van der Waals surface area contributed by atoms with Gasteiger partial charge < -0.3 is 9.47 Å². The third-order valence-electron chi connectivity index (χ3n) is 2.65. The van der Waals surface area contributed by atoms with E-state index in [1.807, 2.05) is 18.2 Å². The maximum absolute atomic E-state index is 11.1. The SMILES string of the molecule is COCc1nn(-c2ccccc2OC)c(Cl)c1C=O. The van der Waals surface area contributed by atoms with Crippen molar-refractivity contribution in [2.24, 2.45) is 0 Å². The number of aldehydes is 1. The zero-order valence-electron chi connectivity index (χ0n) is 10.6. The second-order valence-corrected chi connectivity index (χ2v) is 4.14. The van der Waals surface area contributed by atoms with Crippen molar-refractivity contribution >= 4 is 17.9 Å². The minimum Gasteiger partial charge on any atom is -0.494 e. The lowest BCUT2D eigenvalue weighted by atomic mass is 10.3. The van der Waals surface area contributed by atoms with Gasteiger partial charge in [-0.05, 0) is 12.1 Å². The lowest BCUT2D eigenvalue weighted by Gasteiger charge is -2.08. The Hall–Kier alpha value is -1.85. The molecule has 0 spiro atoms. The van der Waals surface area contributed by atoms with Crippen LogP contribution in [-0.4, -0.2) is 30.3 Å². The summed E-state index contributed by atoms with van der Waals surface area (Å²) in [6, 6.07) is 7.29. The van der Waals surface area contributed by atoms with Crippen LogP contribution >= 0.6 is 11.6 Å². The van der Waals surface area contributed by atoms with Crippen molar-refractivity contribution in [1.82, 2.24) is 9.78 Å². The Balaban J connectivity index is 2.59. The molecule has 19 heavy (non-hydrogen) atoms. The van der Waals surface area contributed by atoms with E-state index in [4.69, 9.17) is 21.1 Å². The van der Waals surface area contributed by atoms with Crippen molar-refractivity contribution in [2.45, 2.75) is 6.61 Å². The number of hydrogen-bond acceptors (Lipinski definition) is 4. The van der Waals surface area contributed by atoms with Crippen LogP contribution in [0.5, 0.6) is 5.75 Å². The van der Waals surface area contributed by atoms with E-state index < -0.39 is 0 Å². The van der Waals surface area contributed by atoms with Gasteiger partial charge in [0.25, 0.3) is 0 Å². The van der Waals surface area contributed by atoms with Gasteiger partial charge in [-0.3, -0.25) is 4.79 Å². The molecule has 0 atom stereocenters. The molecule has 5 nitrogen and oxygen atoms in total. The fourth-order valence-electron chi connectivity index (χ4n) is 1.78. The second-order valence-electron chi connectivity index (χ2n) is 3.79. The summed E-state index contributed by atoms with van der Waals surface area (Å²) in [5.74, 6) is 0.619. The number of para-hydroxylation sites is 2. The third-order valence-corrected chi connectivity index (χ3v) is 3.02. The number of halogens is 1. The first kappa shape index (κ1) is 13.6. The first-order valence-corrected chi connectivity index (χ1v) is 5.95. The molecule has 2 aromatic rings. The number of methoxy groups -OCH3 is 2. The number of carbonyl (C=O) groups is 1. The van der Waals surface area contributed by atoms with Crippen LogP contribution in [0.4, 0.5) is 0 Å². The van der Waals surface area contributed by atoms with Gasteiger partial charge in [-0.2, -0.15) is 5.10 Å². The van der Waals surface area contributed by atoms with E-state index >= 15 is 0 Å². The van der Waals surface area contributed by atoms with Gasteiger partial charge in [-0.25, -0.2) is 4.68 Å². The van der Waals surface area contributed by atoms with Crippen molar-refractivity contribution in [3.05, 3.63) is 40.7 Å². The highest BCUT2D eigenvalue weighted by Crippen LogP contribution is 2.28. The summed E-state index contributed by atoms with van der Waals surface area (Å²) in [6.07, 6.45) is 0.676. The molecule has 2 rings (SSSR count). The van der Waals surface area contributed by atoms with Crippen molar-refractivity contribution < 1.29 is 14.3 Å². The minimum absolute atomic E-state index is 0.218. The van der Waals surface area contributed by atoms with Crippen molar-refractivity contribution in [3.63, 3.8) is 0 Å². The molecule has 0 unspecified atom stereocenters. The standard InChI is InChI=1S/C13H13ClN2O3/c1-18-8-10-9(7-17)13(14)16(15-10)11-5-3-4-6-12(11)19-2/h3-7H,8H2,1-2H3. The third kappa shape index (κ3) is 2.47. The molecule has 0 fully saturated rings. The average Bonchev–Trinajstić information content (AvgIpc) is 2.75. The summed E-state index contributed by atoms with van der Waals surface area (Å²) in [4.78, 5) is 11.1. The first-order chi connectivity index (χ1) is 9.22. The number of nitrogens with zero attached hydrogens (tertiary/aromatic N) is 2. The molecule has 0 saturated carbocycles. The first-order valence-electron chi connectivity index (χ1n) is 5.57. The topological polar surface area (TPSA) is 53.4 Å². The Bertz CT molecular complexity index is 596. The Kier molecular flexibility index (Phi) is 4.19. The zero-order valence-corrected chi connectivity index (χ0v) is 11.3. The molecular weight excluding hydrogens is 268 g/mol. The van der Waals surface area contributed by atoms with E-state index in [9.17, 15) is 4.79 Å². The van der Waals surface area contributed by atoms with Crippen LogP contribution in [-0.2, 0) is 11.3 Å². The van der Waals surface area contributed by atoms with Crippen molar-refractivity contribution in [1.29, 1.82) is 0 Å². The number of aromatic nitrogens is 2. The maximum Gasteiger partial charge on any atom is 0.155 e. The van der Waals surface area contributed by atoms with Crippen LogP contribution in [0.25, 0.3) is 5.69 Å². The van der Waals surface area contributed by atoms with E-state index in [2.05, 4.69) is 5.10 Å². The van der Waals surface area contributed by atoms with Gasteiger partial charge in [0, 0.05) is 7.11 Å². The van der Waals surface area contributed by atoms with Gasteiger partial charge in [-0.15, -0.1) is 0 Å². The highest BCUT2D eigenvalue weighted by molar-refractivity contribution is 6.32. The maximum atomic E-state index is 11.1. The molecule has 0 N–H and O–H groups in total.